The third-order valence-corrected chi connectivity index (χ3v) is 3.85. The van der Waals surface area contributed by atoms with Crippen LogP contribution in [0.15, 0.2) is 60.9 Å². The number of amides is 1. The number of rotatable bonds is 8. The average Bonchev–Trinajstić information content (AvgIpc) is 3.09. The van der Waals surface area contributed by atoms with Crippen LogP contribution in [0.5, 0.6) is 5.75 Å². The quantitative estimate of drug-likeness (QED) is 0.677. The zero-order chi connectivity index (χ0) is 18.2. The number of aromatic nitrogens is 3. The van der Waals surface area contributed by atoms with Gasteiger partial charge in [-0.25, -0.2) is 0 Å². The summed E-state index contributed by atoms with van der Waals surface area (Å²) in [5.74, 6) is 1.31. The first kappa shape index (κ1) is 17.7. The van der Waals surface area contributed by atoms with Gasteiger partial charge >= 0.3 is 0 Å². The summed E-state index contributed by atoms with van der Waals surface area (Å²) >= 11 is 0. The van der Waals surface area contributed by atoms with E-state index in [1.54, 1.807) is 16.9 Å². The van der Waals surface area contributed by atoms with E-state index in [4.69, 9.17) is 4.74 Å². The highest BCUT2D eigenvalue weighted by Gasteiger charge is 2.09. The smallest absolute Gasteiger partial charge is 0.225 e. The molecule has 0 spiro atoms. The van der Waals surface area contributed by atoms with Crippen molar-refractivity contribution in [1.29, 1.82) is 0 Å². The fraction of sp³-hybridized carbons (Fsp3) is 0.250. The Morgan fingerprint density at radius 2 is 2.00 bits per heavy atom. The molecule has 0 bridgehead atoms. The first-order valence-corrected chi connectivity index (χ1v) is 8.68. The summed E-state index contributed by atoms with van der Waals surface area (Å²) in [6.45, 7) is 3.13. The molecule has 6 heteroatoms. The lowest BCUT2D eigenvalue weighted by Crippen LogP contribution is -2.13. The van der Waals surface area contributed by atoms with Crippen LogP contribution in [0.2, 0.25) is 0 Å². The molecule has 3 aromatic rings. The predicted molar refractivity (Wildman–Crippen MR) is 100 cm³/mol. The number of nitrogens with zero attached hydrogens (tertiary/aromatic N) is 3. The van der Waals surface area contributed by atoms with Gasteiger partial charge in [-0.1, -0.05) is 24.3 Å². The van der Waals surface area contributed by atoms with E-state index in [9.17, 15) is 4.79 Å². The molecule has 2 aromatic heterocycles. The molecule has 0 fully saturated rings. The predicted octanol–water partition coefficient (Wildman–Crippen LogP) is 3.30. The van der Waals surface area contributed by atoms with Gasteiger partial charge in [0.2, 0.25) is 5.91 Å². The molecule has 0 unspecified atom stereocenters. The standard InChI is InChI=1S/C20H22N4O2/c1-2-26-18-9-4-3-7-16(18)10-11-20(25)22-19-12-14-24(23-19)15-17-8-5-6-13-21-17/h3-9,12-14H,2,10-11,15H2,1H3,(H,22,23,25). The minimum atomic E-state index is -0.0700. The van der Waals surface area contributed by atoms with E-state index in [0.29, 0.717) is 31.8 Å². The van der Waals surface area contributed by atoms with E-state index in [-0.39, 0.29) is 5.91 Å². The van der Waals surface area contributed by atoms with Gasteiger partial charge in [-0.2, -0.15) is 5.10 Å². The van der Waals surface area contributed by atoms with Gasteiger partial charge in [-0.3, -0.25) is 14.5 Å². The van der Waals surface area contributed by atoms with Crippen molar-refractivity contribution in [3.8, 4) is 5.75 Å². The first-order valence-electron chi connectivity index (χ1n) is 8.68. The Kier molecular flexibility index (Phi) is 5.98. The highest BCUT2D eigenvalue weighted by Crippen LogP contribution is 2.19. The summed E-state index contributed by atoms with van der Waals surface area (Å²) in [4.78, 5) is 16.5. The number of pyridine rings is 1. The summed E-state index contributed by atoms with van der Waals surface area (Å²) < 4.78 is 7.35. The van der Waals surface area contributed by atoms with Gasteiger partial charge in [-0.15, -0.1) is 0 Å². The molecule has 0 aliphatic heterocycles. The van der Waals surface area contributed by atoms with Crippen molar-refractivity contribution in [1.82, 2.24) is 14.8 Å². The monoisotopic (exact) mass is 350 g/mol. The second kappa shape index (κ2) is 8.80. The van der Waals surface area contributed by atoms with Crippen molar-refractivity contribution in [2.45, 2.75) is 26.3 Å². The number of para-hydroxylation sites is 1. The second-order valence-electron chi connectivity index (χ2n) is 5.81. The van der Waals surface area contributed by atoms with E-state index >= 15 is 0 Å². The van der Waals surface area contributed by atoms with Crippen LogP contribution < -0.4 is 10.1 Å². The fourth-order valence-electron chi connectivity index (χ4n) is 2.63. The average molecular weight is 350 g/mol. The molecule has 1 N–H and O–H groups in total. The normalized spacial score (nSPS) is 10.5. The molecule has 26 heavy (non-hydrogen) atoms. The van der Waals surface area contributed by atoms with Gasteiger partial charge in [-0.05, 0) is 37.1 Å². The van der Waals surface area contributed by atoms with Gasteiger partial charge in [0, 0.05) is 24.9 Å². The van der Waals surface area contributed by atoms with Crippen LogP contribution in [0.3, 0.4) is 0 Å². The largest absolute Gasteiger partial charge is 0.494 e. The van der Waals surface area contributed by atoms with Gasteiger partial charge in [0.25, 0.3) is 0 Å². The van der Waals surface area contributed by atoms with Crippen LogP contribution in [0.25, 0.3) is 0 Å². The molecule has 2 heterocycles. The number of hydrogen-bond acceptors (Lipinski definition) is 4. The number of carbonyl (C=O) groups is 1. The van der Waals surface area contributed by atoms with E-state index in [2.05, 4.69) is 15.4 Å². The number of nitrogens with one attached hydrogen (secondary N) is 1. The molecular weight excluding hydrogens is 328 g/mol. The Balaban J connectivity index is 1.53. The number of carbonyl (C=O) groups excluding carboxylic acids is 1. The lowest BCUT2D eigenvalue weighted by atomic mass is 10.1. The maximum Gasteiger partial charge on any atom is 0.225 e. The fourth-order valence-corrected chi connectivity index (χ4v) is 2.63. The Labute approximate surface area is 152 Å². The van der Waals surface area contributed by atoms with Crippen LogP contribution in [0.1, 0.15) is 24.6 Å². The maximum atomic E-state index is 12.2. The number of anilines is 1. The number of aryl methyl sites for hydroxylation is 1. The van der Waals surface area contributed by atoms with E-state index in [1.807, 2.05) is 55.6 Å². The summed E-state index contributed by atoms with van der Waals surface area (Å²) in [7, 11) is 0. The van der Waals surface area contributed by atoms with Crippen LogP contribution >= 0.6 is 0 Å². The summed E-state index contributed by atoms with van der Waals surface area (Å²) in [6, 6.07) is 15.3. The van der Waals surface area contributed by atoms with Crippen LogP contribution in [-0.2, 0) is 17.8 Å². The molecule has 0 atom stereocenters. The van der Waals surface area contributed by atoms with Gasteiger partial charge < -0.3 is 10.1 Å². The lowest BCUT2D eigenvalue weighted by molar-refractivity contribution is -0.116. The highest BCUT2D eigenvalue weighted by atomic mass is 16.5. The van der Waals surface area contributed by atoms with Crippen LogP contribution in [0.4, 0.5) is 5.82 Å². The topological polar surface area (TPSA) is 69.0 Å². The van der Waals surface area contributed by atoms with Gasteiger partial charge in [0.05, 0.1) is 18.8 Å². The lowest BCUT2D eigenvalue weighted by Gasteiger charge is -2.09. The summed E-state index contributed by atoms with van der Waals surface area (Å²) in [5.41, 5.74) is 1.95. The zero-order valence-corrected chi connectivity index (χ0v) is 14.8. The molecule has 0 aliphatic carbocycles. The Morgan fingerprint density at radius 3 is 2.81 bits per heavy atom. The third-order valence-electron chi connectivity index (χ3n) is 3.85. The second-order valence-corrected chi connectivity index (χ2v) is 5.81. The van der Waals surface area contributed by atoms with E-state index < -0.39 is 0 Å². The van der Waals surface area contributed by atoms with Gasteiger partial charge in [0.1, 0.15) is 5.75 Å². The Hall–Kier alpha value is -3.15. The number of hydrogen-bond donors (Lipinski definition) is 1. The van der Waals surface area contributed by atoms with Crippen molar-refractivity contribution >= 4 is 11.7 Å². The Morgan fingerprint density at radius 1 is 1.15 bits per heavy atom. The van der Waals surface area contributed by atoms with Crippen molar-refractivity contribution in [2.75, 3.05) is 11.9 Å². The summed E-state index contributed by atoms with van der Waals surface area (Å²) in [6.07, 6.45) is 4.57. The van der Waals surface area contributed by atoms with Crippen molar-refractivity contribution in [3.63, 3.8) is 0 Å². The molecule has 1 aromatic carbocycles. The molecule has 3 rings (SSSR count). The first-order chi connectivity index (χ1) is 12.7. The third kappa shape index (κ3) is 4.92. The highest BCUT2D eigenvalue weighted by molar-refractivity contribution is 5.89. The number of ether oxygens (including phenoxy) is 1. The molecular formula is C20H22N4O2. The SMILES string of the molecule is CCOc1ccccc1CCC(=O)Nc1ccn(Cc2ccccn2)n1. The molecule has 0 aliphatic rings. The van der Waals surface area contributed by atoms with Crippen molar-refractivity contribution in [2.24, 2.45) is 0 Å². The molecule has 1 amide bonds. The molecule has 0 radical (unpaired) electrons. The molecule has 6 nitrogen and oxygen atoms in total. The minimum Gasteiger partial charge on any atom is -0.494 e. The van der Waals surface area contributed by atoms with Crippen LogP contribution in [-0.4, -0.2) is 27.3 Å². The Bertz CT molecular complexity index is 846. The molecule has 134 valence electrons. The van der Waals surface area contributed by atoms with E-state index in [0.717, 1.165) is 17.0 Å². The molecule has 0 saturated heterocycles. The van der Waals surface area contributed by atoms with Crippen molar-refractivity contribution < 1.29 is 9.53 Å². The number of benzene rings is 1. The molecule has 0 saturated carbocycles. The van der Waals surface area contributed by atoms with Crippen LogP contribution in [0, 0.1) is 0 Å². The zero-order valence-electron chi connectivity index (χ0n) is 14.8. The van der Waals surface area contributed by atoms with E-state index in [1.165, 1.54) is 0 Å². The summed E-state index contributed by atoms with van der Waals surface area (Å²) in [5, 5.41) is 7.21. The maximum absolute atomic E-state index is 12.2. The van der Waals surface area contributed by atoms with Gasteiger partial charge in [0.15, 0.2) is 5.82 Å². The van der Waals surface area contributed by atoms with Crippen molar-refractivity contribution in [3.05, 3.63) is 72.2 Å². The minimum absolute atomic E-state index is 0.0700.